The topological polar surface area (TPSA) is 87.7 Å². The minimum absolute atomic E-state index is 0.128. The van der Waals surface area contributed by atoms with Crippen LogP contribution in [0.2, 0.25) is 0 Å². The van der Waals surface area contributed by atoms with E-state index in [4.69, 9.17) is 9.47 Å². The molecule has 2 aromatic rings. The number of fused-ring (bicyclic) bond motifs is 1. The summed E-state index contributed by atoms with van der Waals surface area (Å²) in [6.07, 6.45) is 3.19. The Labute approximate surface area is 140 Å². The fourth-order valence-electron chi connectivity index (χ4n) is 3.26. The summed E-state index contributed by atoms with van der Waals surface area (Å²) in [7, 11) is 3.09. The predicted molar refractivity (Wildman–Crippen MR) is 90.6 cm³/mol. The number of nitrogens with one attached hydrogen (secondary N) is 1. The Hall–Kier alpha value is -2.12. The summed E-state index contributed by atoms with van der Waals surface area (Å²) in [6, 6.07) is 3.48. The zero-order valence-electron chi connectivity index (χ0n) is 14.0. The van der Waals surface area contributed by atoms with E-state index in [-0.39, 0.29) is 18.2 Å². The van der Waals surface area contributed by atoms with Crippen LogP contribution in [0.1, 0.15) is 25.1 Å². The first-order valence-electron chi connectivity index (χ1n) is 8.16. The summed E-state index contributed by atoms with van der Waals surface area (Å²) < 4.78 is 10.5. The number of H-pyrrole nitrogens is 1. The molecule has 24 heavy (non-hydrogen) atoms. The molecule has 2 N–H and O–H groups in total. The summed E-state index contributed by atoms with van der Waals surface area (Å²) in [4.78, 5) is 22.0. The first kappa shape index (κ1) is 16.7. The molecular weight excluding hydrogens is 310 g/mol. The van der Waals surface area contributed by atoms with E-state index < -0.39 is 0 Å². The van der Waals surface area contributed by atoms with Crippen LogP contribution in [-0.2, 0) is 6.54 Å². The summed E-state index contributed by atoms with van der Waals surface area (Å²) in [5.41, 5.74) is 0.373. The van der Waals surface area contributed by atoms with Crippen LogP contribution in [0.15, 0.2) is 16.9 Å². The maximum Gasteiger partial charge on any atom is 0.258 e. The Morgan fingerprint density at radius 2 is 2.04 bits per heavy atom. The molecule has 0 aliphatic carbocycles. The molecule has 0 saturated carbocycles. The number of benzene rings is 1. The largest absolute Gasteiger partial charge is 0.493 e. The van der Waals surface area contributed by atoms with Gasteiger partial charge in [0.15, 0.2) is 11.5 Å². The highest BCUT2D eigenvalue weighted by Crippen LogP contribution is 2.30. The second-order valence-electron chi connectivity index (χ2n) is 6.04. The average molecular weight is 333 g/mol. The smallest absolute Gasteiger partial charge is 0.258 e. The van der Waals surface area contributed by atoms with Gasteiger partial charge in [-0.15, -0.1) is 0 Å². The maximum atomic E-state index is 12.4. The Morgan fingerprint density at radius 1 is 1.29 bits per heavy atom. The van der Waals surface area contributed by atoms with Crippen LogP contribution in [0.25, 0.3) is 10.9 Å². The summed E-state index contributed by atoms with van der Waals surface area (Å²) in [5.74, 6) is 1.64. The van der Waals surface area contributed by atoms with Crippen LogP contribution in [-0.4, -0.2) is 53.4 Å². The van der Waals surface area contributed by atoms with Gasteiger partial charge in [0.2, 0.25) is 0 Å². The van der Waals surface area contributed by atoms with E-state index in [1.807, 2.05) is 0 Å². The highest BCUT2D eigenvalue weighted by Gasteiger charge is 2.22. The molecule has 1 atom stereocenters. The van der Waals surface area contributed by atoms with E-state index in [9.17, 15) is 9.90 Å². The standard InChI is InChI=1S/C17H23N3O4/c1-23-14-7-12-13(8-15(14)24-2)18-16(19-17(12)22)9-20-6-4-3-5-11(20)10-21/h7-8,11,21H,3-6,9-10H2,1-2H3,(H,18,19,22)/t11-/m0/s1. The zero-order valence-corrected chi connectivity index (χ0v) is 14.0. The number of aromatic amines is 1. The van der Waals surface area contributed by atoms with Crippen LogP contribution in [0.3, 0.4) is 0 Å². The molecule has 0 unspecified atom stereocenters. The number of aliphatic hydroxyl groups is 1. The molecule has 1 fully saturated rings. The summed E-state index contributed by atoms with van der Waals surface area (Å²) in [6.45, 7) is 1.55. The third-order valence-electron chi connectivity index (χ3n) is 4.57. The van der Waals surface area contributed by atoms with Gasteiger partial charge in [-0.1, -0.05) is 6.42 Å². The molecule has 1 saturated heterocycles. The lowest BCUT2D eigenvalue weighted by Crippen LogP contribution is -2.41. The van der Waals surface area contributed by atoms with Crippen LogP contribution in [0.5, 0.6) is 11.5 Å². The van der Waals surface area contributed by atoms with Crippen molar-refractivity contribution in [3.8, 4) is 11.5 Å². The van der Waals surface area contributed by atoms with Crippen LogP contribution in [0, 0.1) is 0 Å². The minimum Gasteiger partial charge on any atom is -0.493 e. The monoisotopic (exact) mass is 333 g/mol. The number of nitrogens with zero attached hydrogens (tertiary/aromatic N) is 2. The highest BCUT2D eigenvalue weighted by atomic mass is 16.5. The first-order chi connectivity index (χ1) is 11.7. The molecule has 130 valence electrons. The van der Waals surface area contributed by atoms with Crippen LogP contribution >= 0.6 is 0 Å². The van der Waals surface area contributed by atoms with Crippen molar-refractivity contribution in [1.82, 2.24) is 14.9 Å². The number of piperidine rings is 1. The van der Waals surface area contributed by atoms with Gasteiger partial charge in [-0.3, -0.25) is 9.69 Å². The fourth-order valence-corrected chi connectivity index (χ4v) is 3.26. The Bertz CT molecular complexity index is 774. The number of ether oxygens (including phenoxy) is 2. The SMILES string of the molecule is COc1cc2nc(CN3CCCC[C@H]3CO)[nH]c(=O)c2cc1OC. The molecule has 0 spiro atoms. The normalized spacial score (nSPS) is 18.7. The van der Waals surface area contributed by atoms with E-state index in [0.717, 1.165) is 25.8 Å². The molecule has 1 aromatic heterocycles. The highest BCUT2D eigenvalue weighted by molar-refractivity contribution is 5.81. The molecular formula is C17H23N3O4. The molecule has 0 amide bonds. The molecule has 0 radical (unpaired) electrons. The number of rotatable bonds is 5. The first-order valence-corrected chi connectivity index (χ1v) is 8.16. The fraction of sp³-hybridized carbons (Fsp3) is 0.529. The van der Waals surface area contributed by atoms with Gasteiger partial charge >= 0.3 is 0 Å². The molecule has 2 heterocycles. The Morgan fingerprint density at radius 3 is 2.75 bits per heavy atom. The van der Waals surface area contributed by atoms with E-state index in [1.165, 1.54) is 7.11 Å². The number of hydrogen-bond acceptors (Lipinski definition) is 6. The zero-order chi connectivity index (χ0) is 17.1. The van der Waals surface area contributed by atoms with Crippen molar-refractivity contribution in [2.75, 3.05) is 27.4 Å². The van der Waals surface area contributed by atoms with Crippen molar-refractivity contribution in [1.29, 1.82) is 0 Å². The number of aromatic nitrogens is 2. The molecule has 1 aliphatic rings. The lowest BCUT2D eigenvalue weighted by molar-refractivity contribution is 0.0819. The van der Waals surface area contributed by atoms with Crippen molar-refractivity contribution in [3.63, 3.8) is 0 Å². The van der Waals surface area contributed by atoms with Gasteiger partial charge < -0.3 is 19.6 Å². The second-order valence-corrected chi connectivity index (χ2v) is 6.04. The number of hydrogen-bond donors (Lipinski definition) is 2. The second kappa shape index (κ2) is 7.19. The molecule has 3 rings (SSSR count). The Balaban J connectivity index is 1.96. The van der Waals surface area contributed by atoms with Crippen LogP contribution in [0.4, 0.5) is 0 Å². The number of methoxy groups -OCH3 is 2. The van der Waals surface area contributed by atoms with Gasteiger partial charge in [-0.05, 0) is 25.5 Å². The minimum atomic E-state index is -0.200. The number of likely N-dealkylation sites (tertiary alicyclic amines) is 1. The summed E-state index contributed by atoms with van der Waals surface area (Å²) in [5, 5.41) is 9.99. The predicted octanol–water partition coefficient (Wildman–Crippen LogP) is 1.29. The van der Waals surface area contributed by atoms with E-state index in [0.29, 0.717) is 34.8 Å². The van der Waals surface area contributed by atoms with Crippen LogP contribution < -0.4 is 15.0 Å². The van der Waals surface area contributed by atoms with E-state index >= 15 is 0 Å². The van der Waals surface area contributed by atoms with Gasteiger partial charge in [0, 0.05) is 12.1 Å². The quantitative estimate of drug-likeness (QED) is 0.857. The Kier molecular flexibility index (Phi) is 5.01. The van der Waals surface area contributed by atoms with E-state index in [2.05, 4.69) is 14.9 Å². The molecule has 1 aliphatic heterocycles. The van der Waals surface area contributed by atoms with Gasteiger partial charge in [0.05, 0.1) is 38.3 Å². The average Bonchev–Trinajstić information content (AvgIpc) is 2.61. The van der Waals surface area contributed by atoms with Gasteiger partial charge in [0.1, 0.15) is 5.82 Å². The molecule has 0 bridgehead atoms. The van der Waals surface area contributed by atoms with Crippen molar-refractivity contribution in [3.05, 3.63) is 28.3 Å². The molecule has 1 aromatic carbocycles. The van der Waals surface area contributed by atoms with Gasteiger partial charge in [0.25, 0.3) is 5.56 Å². The van der Waals surface area contributed by atoms with Gasteiger partial charge in [-0.25, -0.2) is 4.98 Å². The van der Waals surface area contributed by atoms with Crippen molar-refractivity contribution in [2.45, 2.75) is 31.8 Å². The molecule has 7 nitrogen and oxygen atoms in total. The maximum absolute atomic E-state index is 12.4. The third kappa shape index (κ3) is 3.22. The molecule has 7 heteroatoms. The van der Waals surface area contributed by atoms with E-state index in [1.54, 1.807) is 19.2 Å². The lowest BCUT2D eigenvalue weighted by Gasteiger charge is -2.34. The van der Waals surface area contributed by atoms with Crippen molar-refractivity contribution < 1.29 is 14.6 Å². The van der Waals surface area contributed by atoms with Crippen molar-refractivity contribution in [2.24, 2.45) is 0 Å². The van der Waals surface area contributed by atoms with Gasteiger partial charge in [-0.2, -0.15) is 0 Å². The summed E-state index contributed by atoms with van der Waals surface area (Å²) >= 11 is 0. The lowest BCUT2D eigenvalue weighted by atomic mass is 10.0. The number of aliphatic hydroxyl groups excluding tert-OH is 1. The third-order valence-corrected chi connectivity index (χ3v) is 4.57. The van der Waals surface area contributed by atoms with Crippen molar-refractivity contribution >= 4 is 10.9 Å².